The van der Waals surface area contributed by atoms with Gasteiger partial charge in [-0.05, 0) is 35.4 Å². The number of ether oxygens (including phenoxy) is 1. The van der Waals surface area contributed by atoms with Gasteiger partial charge >= 0.3 is 0 Å². The van der Waals surface area contributed by atoms with Crippen LogP contribution in [0.15, 0.2) is 41.5 Å². The van der Waals surface area contributed by atoms with Crippen LogP contribution in [0.1, 0.15) is 18.1 Å². The zero-order chi connectivity index (χ0) is 16.8. The Labute approximate surface area is 142 Å². The number of halogens is 3. The molecule has 0 bridgehead atoms. The van der Waals surface area contributed by atoms with Crippen molar-refractivity contribution in [3.8, 4) is 5.75 Å². The lowest BCUT2D eigenvalue weighted by atomic mass is 10.2. The van der Waals surface area contributed by atoms with Gasteiger partial charge in [0.2, 0.25) is 5.91 Å². The smallest absolute Gasteiger partial charge is 0.236 e. The molecule has 0 atom stereocenters. The number of carbonyl (C=O) groups is 1. The van der Waals surface area contributed by atoms with Gasteiger partial charge in [0, 0.05) is 6.92 Å². The molecule has 0 fully saturated rings. The van der Waals surface area contributed by atoms with Crippen molar-refractivity contribution >= 4 is 35.3 Å². The van der Waals surface area contributed by atoms with Gasteiger partial charge in [-0.25, -0.2) is 9.82 Å². The maximum absolute atomic E-state index is 13.1. The zero-order valence-electron chi connectivity index (χ0n) is 12.1. The number of benzene rings is 2. The number of rotatable bonds is 5. The topological polar surface area (TPSA) is 50.7 Å². The predicted molar refractivity (Wildman–Crippen MR) is 88.6 cm³/mol. The summed E-state index contributed by atoms with van der Waals surface area (Å²) in [6, 6.07) is 9.25. The quantitative estimate of drug-likeness (QED) is 0.646. The highest BCUT2D eigenvalue weighted by Crippen LogP contribution is 2.34. The van der Waals surface area contributed by atoms with Crippen molar-refractivity contribution in [1.29, 1.82) is 0 Å². The van der Waals surface area contributed by atoms with Gasteiger partial charge in [0.25, 0.3) is 0 Å². The Hall–Kier alpha value is -2.11. The second-order valence-corrected chi connectivity index (χ2v) is 5.47. The SMILES string of the molecule is CC(=O)NN=Cc1cc(Cl)c(OCc2cccc(F)c2)c(Cl)c1. The monoisotopic (exact) mass is 354 g/mol. The van der Waals surface area contributed by atoms with Crippen molar-refractivity contribution in [2.45, 2.75) is 13.5 Å². The number of hydrogen-bond acceptors (Lipinski definition) is 3. The maximum atomic E-state index is 13.1. The van der Waals surface area contributed by atoms with Gasteiger partial charge in [0.05, 0.1) is 16.3 Å². The van der Waals surface area contributed by atoms with Crippen LogP contribution in [0.25, 0.3) is 0 Å². The van der Waals surface area contributed by atoms with E-state index in [1.807, 2.05) is 0 Å². The first-order valence-corrected chi connectivity index (χ1v) is 7.37. The molecule has 0 aromatic heterocycles. The van der Waals surface area contributed by atoms with E-state index in [-0.39, 0.29) is 28.4 Å². The molecule has 0 spiro atoms. The number of hydrazone groups is 1. The molecule has 4 nitrogen and oxygen atoms in total. The van der Waals surface area contributed by atoms with Crippen molar-refractivity contribution in [2.75, 3.05) is 0 Å². The molecule has 1 amide bonds. The molecule has 2 aromatic rings. The molecule has 1 N–H and O–H groups in total. The molecule has 7 heteroatoms. The first kappa shape index (κ1) is 17.2. The standard InChI is InChI=1S/C16H13Cl2FN2O2/c1-10(22)21-20-8-12-6-14(17)16(15(18)7-12)23-9-11-3-2-4-13(19)5-11/h2-8H,9H2,1H3,(H,21,22). The summed E-state index contributed by atoms with van der Waals surface area (Å²) < 4.78 is 18.7. The highest BCUT2D eigenvalue weighted by Gasteiger charge is 2.10. The zero-order valence-corrected chi connectivity index (χ0v) is 13.7. The molecule has 2 rings (SSSR count). The Morgan fingerprint density at radius 3 is 2.61 bits per heavy atom. The number of carbonyl (C=O) groups excluding carboxylic acids is 1. The van der Waals surface area contributed by atoms with Gasteiger partial charge in [0.1, 0.15) is 12.4 Å². The summed E-state index contributed by atoms with van der Waals surface area (Å²) in [7, 11) is 0. The molecule has 120 valence electrons. The molecule has 0 aliphatic carbocycles. The summed E-state index contributed by atoms with van der Waals surface area (Å²) in [5.41, 5.74) is 3.54. The number of amides is 1. The van der Waals surface area contributed by atoms with Crippen LogP contribution in [0.2, 0.25) is 10.0 Å². The van der Waals surface area contributed by atoms with Crippen LogP contribution in [-0.4, -0.2) is 12.1 Å². The molecular formula is C16H13Cl2FN2O2. The van der Waals surface area contributed by atoms with Crippen LogP contribution in [0.3, 0.4) is 0 Å². The molecule has 0 aliphatic heterocycles. The van der Waals surface area contributed by atoms with Crippen LogP contribution >= 0.6 is 23.2 Å². The number of nitrogens with one attached hydrogen (secondary N) is 1. The fourth-order valence-electron chi connectivity index (χ4n) is 1.77. The van der Waals surface area contributed by atoms with E-state index in [1.165, 1.54) is 25.3 Å². The fourth-order valence-corrected chi connectivity index (χ4v) is 2.38. The Morgan fingerprint density at radius 1 is 1.30 bits per heavy atom. The van der Waals surface area contributed by atoms with Gasteiger partial charge in [-0.3, -0.25) is 4.79 Å². The minimum absolute atomic E-state index is 0.135. The minimum atomic E-state index is -0.340. The van der Waals surface area contributed by atoms with E-state index in [0.29, 0.717) is 16.9 Å². The average Bonchev–Trinajstić information content (AvgIpc) is 2.46. The molecule has 0 heterocycles. The van der Waals surface area contributed by atoms with E-state index in [4.69, 9.17) is 27.9 Å². The third kappa shape index (κ3) is 5.23. The molecule has 23 heavy (non-hydrogen) atoms. The second-order valence-electron chi connectivity index (χ2n) is 4.66. The van der Waals surface area contributed by atoms with Gasteiger partial charge < -0.3 is 4.74 Å². The van der Waals surface area contributed by atoms with Crippen molar-refractivity contribution < 1.29 is 13.9 Å². The lowest BCUT2D eigenvalue weighted by Crippen LogP contribution is -2.12. The van der Waals surface area contributed by atoms with E-state index in [2.05, 4.69) is 10.5 Å². The van der Waals surface area contributed by atoms with Gasteiger partial charge in [-0.2, -0.15) is 5.10 Å². The lowest BCUT2D eigenvalue weighted by molar-refractivity contribution is -0.118. The molecular weight excluding hydrogens is 342 g/mol. The highest BCUT2D eigenvalue weighted by atomic mass is 35.5. The third-order valence-electron chi connectivity index (χ3n) is 2.73. The summed E-state index contributed by atoms with van der Waals surface area (Å²) in [6.07, 6.45) is 1.41. The van der Waals surface area contributed by atoms with Crippen LogP contribution in [-0.2, 0) is 11.4 Å². The van der Waals surface area contributed by atoms with Gasteiger partial charge in [0.15, 0.2) is 5.75 Å². The van der Waals surface area contributed by atoms with E-state index in [1.54, 1.807) is 24.3 Å². The summed E-state index contributed by atoms with van der Waals surface area (Å²) in [4.78, 5) is 10.7. The predicted octanol–water partition coefficient (Wildman–Crippen LogP) is 4.18. The van der Waals surface area contributed by atoms with Gasteiger partial charge in [-0.15, -0.1) is 0 Å². The number of hydrogen-bond donors (Lipinski definition) is 1. The van der Waals surface area contributed by atoms with E-state index in [9.17, 15) is 9.18 Å². The molecule has 0 radical (unpaired) electrons. The van der Waals surface area contributed by atoms with E-state index in [0.717, 1.165) is 0 Å². The first-order chi connectivity index (χ1) is 11.0. The lowest BCUT2D eigenvalue weighted by Gasteiger charge is -2.11. The van der Waals surface area contributed by atoms with Crippen molar-refractivity contribution in [2.24, 2.45) is 5.10 Å². The Kier molecular flexibility index (Phi) is 5.96. The number of nitrogens with zero attached hydrogens (tertiary/aromatic N) is 1. The molecule has 2 aromatic carbocycles. The normalized spacial score (nSPS) is 10.8. The molecule has 0 unspecified atom stereocenters. The van der Waals surface area contributed by atoms with Crippen molar-refractivity contribution in [1.82, 2.24) is 5.43 Å². The van der Waals surface area contributed by atoms with E-state index >= 15 is 0 Å². The third-order valence-corrected chi connectivity index (χ3v) is 3.29. The Morgan fingerprint density at radius 2 is 2.00 bits per heavy atom. The fraction of sp³-hybridized carbons (Fsp3) is 0.125. The minimum Gasteiger partial charge on any atom is -0.486 e. The Balaban J connectivity index is 2.11. The summed E-state index contributed by atoms with van der Waals surface area (Å²) >= 11 is 12.3. The molecule has 0 saturated heterocycles. The maximum Gasteiger partial charge on any atom is 0.236 e. The van der Waals surface area contributed by atoms with Crippen LogP contribution in [0.4, 0.5) is 4.39 Å². The highest BCUT2D eigenvalue weighted by molar-refractivity contribution is 6.37. The van der Waals surface area contributed by atoms with E-state index < -0.39 is 0 Å². The molecule has 0 aliphatic rings. The summed E-state index contributed by atoms with van der Waals surface area (Å²) in [5.74, 6) is -0.324. The molecule has 0 saturated carbocycles. The largest absolute Gasteiger partial charge is 0.486 e. The first-order valence-electron chi connectivity index (χ1n) is 6.61. The Bertz CT molecular complexity index is 728. The second kappa shape index (κ2) is 7.94. The van der Waals surface area contributed by atoms with Crippen LogP contribution < -0.4 is 10.2 Å². The van der Waals surface area contributed by atoms with Gasteiger partial charge in [-0.1, -0.05) is 35.3 Å². The van der Waals surface area contributed by atoms with Crippen LogP contribution in [0.5, 0.6) is 5.75 Å². The summed E-state index contributed by atoms with van der Waals surface area (Å²) in [5, 5.41) is 4.31. The van der Waals surface area contributed by atoms with Crippen molar-refractivity contribution in [3.63, 3.8) is 0 Å². The van der Waals surface area contributed by atoms with Crippen molar-refractivity contribution in [3.05, 3.63) is 63.4 Å². The average molecular weight is 355 g/mol. The summed E-state index contributed by atoms with van der Waals surface area (Å²) in [6.45, 7) is 1.48. The van der Waals surface area contributed by atoms with Crippen LogP contribution in [0, 0.1) is 5.82 Å².